The maximum absolute atomic E-state index is 9.39. The second kappa shape index (κ2) is 4.14. The number of pyridine rings is 1. The van der Waals surface area contributed by atoms with E-state index in [0.29, 0.717) is 16.9 Å². The van der Waals surface area contributed by atoms with E-state index in [0.717, 1.165) is 23.2 Å². The van der Waals surface area contributed by atoms with Crippen molar-refractivity contribution in [3.05, 3.63) is 16.8 Å². The molecule has 0 radical (unpaired) electrons. The molecule has 0 aliphatic rings. The molecule has 6 heteroatoms. The minimum Gasteiger partial charge on any atom is -0.392 e. The number of hydrogen-bond donors (Lipinski definition) is 3. The summed E-state index contributed by atoms with van der Waals surface area (Å²) in [6.07, 6.45) is 0.719. The van der Waals surface area contributed by atoms with Crippen molar-refractivity contribution in [3.8, 4) is 0 Å². The minimum atomic E-state index is -0.0677. The first-order chi connectivity index (χ1) is 8.08. The molecule has 0 fully saturated rings. The first kappa shape index (κ1) is 11.5. The van der Waals surface area contributed by atoms with Gasteiger partial charge in [0.05, 0.1) is 12.0 Å². The SMILES string of the molecule is CCc1nc2nc(N)nc(N)c2c(C)c1CO. The first-order valence-corrected chi connectivity index (χ1v) is 5.40. The number of hydrogen-bond acceptors (Lipinski definition) is 6. The number of nitrogens with zero attached hydrogens (tertiary/aromatic N) is 3. The fraction of sp³-hybridized carbons (Fsp3) is 0.364. The Morgan fingerprint density at radius 1 is 1.18 bits per heavy atom. The molecule has 0 amide bonds. The number of aliphatic hydroxyl groups is 1. The summed E-state index contributed by atoms with van der Waals surface area (Å²) in [4.78, 5) is 12.4. The maximum Gasteiger partial charge on any atom is 0.224 e. The predicted molar refractivity (Wildman–Crippen MR) is 66.2 cm³/mol. The van der Waals surface area contributed by atoms with Gasteiger partial charge in [-0.25, -0.2) is 4.98 Å². The zero-order valence-electron chi connectivity index (χ0n) is 9.86. The number of anilines is 2. The van der Waals surface area contributed by atoms with Gasteiger partial charge >= 0.3 is 0 Å². The van der Waals surface area contributed by atoms with Gasteiger partial charge < -0.3 is 16.6 Å². The predicted octanol–water partition coefficient (Wildman–Crippen LogP) is 0.552. The van der Waals surface area contributed by atoms with E-state index in [1.807, 2.05) is 13.8 Å². The smallest absolute Gasteiger partial charge is 0.224 e. The number of aryl methyl sites for hydroxylation is 2. The van der Waals surface area contributed by atoms with E-state index in [1.54, 1.807) is 0 Å². The largest absolute Gasteiger partial charge is 0.392 e. The van der Waals surface area contributed by atoms with Gasteiger partial charge in [-0.15, -0.1) is 0 Å². The molecule has 0 saturated carbocycles. The molecule has 6 nitrogen and oxygen atoms in total. The first-order valence-electron chi connectivity index (χ1n) is 5.40. The quantitative estimate of drug-likeness (QED) is 0.698. The van der Waals surface area contributed by atoms with E-state index < -0.39 is 0 Å². The molecule has 2 aromatic heterocycles. The Morgan fingerprint density at radius 2 is 1.88 bits per heavy atom. The van der Waals surface area contributed by atoms with Crippen LogP contribution in [0.3, 0.4) is 0 Å². The summed E-state index contributed by atoms with van der Waals surface area (Å²) >= 11 is 0. The van der Waals surface area contributed by atoms with E-state index in [-0.39, 0.29) is 12.6 Å². The van der Waals surface area contributed by atoms with Crippen molar-refractivity contribution < 1.29 is 5.11 Å². The Labute approximate surface area is 98.7 Å². The molecular weight excluding hydrogens is 218 g/mol. The lowest BCUT2D eigenvalue weighted by molar-refractivity contribution is 0.279. The maximum atomic E-state index is 9.39. The summed E-state index contributed by atoms with van der Waals surface area (Å²) in [6.45, 7) is 3.78. The molecule has 5 N–H and O–H groups in total. The summed E-state index contributed by atoms with van der Waals surface area (Å²) in [5, 5.41) is 10.1. The van der Waals surface area contributed by atoms with E-state index >= 15 is 0 Å². The fourth-order valence-corrected chi connectivity index (χ4v) is 1.99. The topological polar surface area (TPSA) is 111 Å². The van der Waals surface area contributed by atoms with Crippen LogP contribution >= 0.6 is 0 Å². The van der Waals surface area contributed by atoms with Gasteiger partial charge in [0.2, 0.25) is 5.95 Å². The van der Waals surface area contributed by atoms with Crippen LogP contribution in [0.25, 0.3) is 11.0 Å². The zero-order valence-corrected chi connectivity index (χ0v) is 9.86. The monoisotopic (exact) mass is 233 g/mol. The Bertz CT molecular complexity index is 582. The Hall–Kier alpha value is -1.95. The van der Waals surface area contributed by atoms with E-state index in [4.69, 9.17) is 11.5 Å². The van der Waals surface area contributed by atoms with Crippen molar-refractivity contribution in [1.82, 2.24) is 15.0 Å². The normalized spacial score (nSPS) is 11.0. The Morgan fingerprint density at radius 3 is 2.47 bits per heavy atom. The summed E-state index contributed by atoms with van der Waals surface area (Å²) in [6, 6.07) is 0. The molecule has 2 rings (SSSR count). The van der Waals surface area contributed by atoms with Crippen LogP contribution in [0.1, 0.15) is 23.7 Å². The van der Waals surface area contributed by atoms with Gasteiger partial charge in [0.25, 0.3) is 0 Å². The molecule has 0 saturated heterocycles. The van der Waals surface area contributed by atoms with Crippen molar-refractivity contribution >= 4 is 22.8 Å². The summed E-state index contributed by atoms with van der Waals surface area (Å²) in [5.74, 6) is 0.413. The van der Waals surface area contributed by atoms with Crippen LogP contribution in [0.2, 0.25) is 0 Å². The highest BCUT2D eigenvalue weighted by Crippen LogP contribution is 2.26. The van der Waals surface area contributed by atoms with Crippen molar-refractivity contribution in [2.24, 2.45) is 0 Å². The van der Waals surface area contributed by atoms with Gasteiger partial charge in [0, 0.05) is 11.3 Å². The van der Waals surface area contributed by atoms with Crippen LogP contribution < -0.4 is 11.5 Å². The third-order valence-corrected chi connectivity index (χ3v) is 2.85. The van der Waals surface area contributed by atoms with Crippen LogP contribution in [0.15, 0.2) is 0 Å². The molecule has 0 spiro atoms. The van der Waals surface area contributed by atoms with E-state index in [1.165, 1.54) is 0 Å². The van der Waals surface area contributed by atoms with Crippen molar-refractivity contribution in [3.63, 3.8) is 0 Å². The highest BCUT2D eigenvalue weighted by Gasteiger charge is 2.14. The molecule has 2 aromatic rings. The molecule has 90 valence electrons. The molecule has 17 heavy (non-hydrogen) atoms. The molecule has 0 bridgehead atoms. The number of rotatable bonds is 2. The number of fused-ring (bicyclic) bond motifs is 1. The van der Waals surface area contributed by atoms with Crippen LogP contribution in [0.5, 0.6) is 0 Å². The Balaban J connectivity index is 2.90. The summed E-state index contributed by atoms with van der Waals surface area (Å²) in [7, 11) is 0. The van der Waals surface area contributed by atoms with Crippen molar-refractivity contribution in [2.45, 2.75) is 26.9 Å². The highest BCUT2D eigenvalue weighted by molar-refractivity contribution is 5.90. The average molecular weight is 233 g/mol. The van der Waals surface area contributed by atoms with Crippen LogP contribution in [0, 0.1) is 6.92 Å². The van der Waals surface area contributed by atoms with E-state index in [9.17, 15) is 5.11 Å². The fourth-order valence-electron chi connectivity index (χ4n) is 1.99. The zero-order chi connectivity index (χ0) is 12.6. The lowest BCUT2D eigenvalue weighted by atomic mass is 10.0. The van der Waals surface area contributed by atoms with Crippen LogP contribution in [-0.2, 0) is 13.0 Å². The van der Waals surface area contributed by atoms with Gasteiger partial charge in [-0.2, -0.15) is 9.97 Å². The third-order valence-electron chi connectivity index (χ3n) is 2.85. The summed E-state index contributed by atoms with van der Waals surface area (Å²) < 4.78 is 0. The third kappa shape index (κ3) is 1.76. The lowest BCUT2D eigenvalue weighted by Crippen LogP contribution is -2.07. The van der Waals surface area contributed by atoms with E-state index in [2.05, 4.69) is 15.0 Å². The second-order valence-electron chi connectivity index (χ2n) is 3.84. The highest BCUT2D eigenvalue weighted by atomic mass is 16.3. The minimum absolute atomic E-state index is 0.0677. The van der Waals surface area contributed by atoms with Crippen LogP contribution in [0.4, 0.5) is 11.8 Å². The molecule has 0 unspecified atom stereocenters. The lowest BCUT2D eigenvalue weighted by Gasteiger charge is -2.12. The molecule has 2 heterocycles. The Kier molecular flexibility index (Phi) is 2.81. The van der Waals surface area contributed by atoms with Gasteiger partial charge in [0.15, 0.2) is 5.65 Å². The molecular formula is C11H15N5O. The van der Waals surface area contributed by atoms with Gasteiger partial charge in [-0.3, -0.25) is 0 Å². The number of nitrogen functional groups attached to an aromatic ring is 2. The number of aliphatic hydroxyl groups excluding tert-OH is 1. The number of nitrogens with two attached hydrogens (primary N) is 2. The van der Waals surface area contributed by atoms with Gasteiger partial charge in [-0.1, -0.05) is 6.92 Å². The number of aromatic nitrogens is 3. The van der Waals surface area contributed by atoms with Crippen LogP contribution in [-0.4, -0.2) is 20.1 Å². The van der Waals surface area contributed by atoms with Crippen molar-refractivity contribution in [2.75, 3.05) is 11.5 Å². The molecule has 0 aliphatic heterocycles. The van der Waals surface area contributed by atoms with Crippen molar-refractivity contribution in [1.29, 1.82) is 0 Å². The van der Waals surface area contributed by atoms with Gasteiger partial charge in [0.1, 0.15) is 5.82 Å². The van der Waals surface area contributed by atoms with Gasteiger partial charge in [-0.05, 0) is 18.9 Å². The summed E-state index contributed by atoms with van der Waals surface area (Å²) in [5.41, 5.74) is 14.3. The molecule has 0 aliphatic carbocycles. The molecule has 0 aromatic carbocycles. The molecule has 0 atom stereocenters. The average Bonchev–Trinajstić information content (AvgIpc) is 2.27. The standard InChI is InChI=1S/C11H15N5O/c1-3-7-6(4-17)5(2)8-9(12)15-11(13)16-10(8)14-7/h17H,3-4H2,1-2H3,(H4,12,13,14,15,16). The second-order valence-corrected chi connectivity index (χ2v) is 3.84.